The number of carbonyl (C=O) groups excluding carboxylic acids is 2. The number of methoxy groups -OCH3 is 1. The van der Waals surface area contributed by atoms with Crippen molar-refractivity contribution in [1.29, 1.82) is 0 Å². The number of benzene rings is 2. The predicted molar refractivity (Wildman–Crippen MR) is 204 cm³/mol. The van der Waals surface area contributed by atoms with Crippen LogP contribution in [0.3, 0.4) is 0 Å². The minimum atomic E-state index is -0.940. The van der Waals surface area contributed by atoms with Crippen LogP contribution in [0.2, 0.25) is 10.0 Å². The minimum absolute atomic E-state index is 0.0846. The summed E-state index contributed by atoms with van der Waals surface area (Å²) in [6, 6.07) is 19.0. The molecule has 0 aliphatic carbocycles. The van der Waals surface area contributed by atoms with Crippen molar-refractivity contribution < 1.29 is 24.2 Å². The van der Waals surface area contributed by atoms with Gasteiger partial charge in [-0.1, -0.05) is 65.7 Å². The highest BCUT2D eigenvalue weighted by Crippen LogP contribution is 2.42. The summed E-state index contributed by atoms with van der Waals surface area (Å²) in [5.74, 6) is 0.0797. The van der Waals surface area contributed by atoms with Crippen LogP contribution in [0.5, 0.6) is 5.88 Å². The van der Waals surface area contributed by atoms with E-state index in [9.17, 15) is 19.5 Å². The summed E-state index contributed by atoms with van der Waals surface area (Å²) >= 11 is 14.2. The highest BCUT2D eigenvalue weighted by atomic mass is 35.5. The topological polar surface area (TPSA) is 156 Å². The molecule has 4 heterocycles. The van der Waals surface area contributed by atoms with Gasteiger partial charge in [0.15, 0.2) is 0 Å². The molecule has 0 saturated carbocycles. The van der Waals surface area contributed by atoms with Gasteiger partial charge in [0.1, 0.15) is 5.65 Å². The Bertz CT molecular complexity index is 2190. The number of esters is 1. The van der Waals surface area contributed by atoms with Gasteiger partial charge in [-0.25, -0.2) is 9.97 Å². The van der Waals surface area contributed by atoms with Crippen molar-refractivity contribution >= 4 is 40.7 Å². The number of hydrogen-bond donors (Lipinski definition) is 4. The van der Waals surface area contributed by atoms with Crippen LogP contribution in [0.4, 0.5) is 0 Å². The highest BCUT2D eigenvalue weighted by Gasteiger charge is 2.21. The Hall–Kier alpha value is -4.85. The smallest absolute Gasteiger partial charge is 0.308 e. The van der Waals surface area contributed by atoms with Crippen LogP contribution in [-0.2, 0) is 27.4 Å². The van der Waals surface area contributed by atoms with Crippen molar-refractivity contribution in [3.63, 3.8) is 0 Å². The Labute approximate surface area is 316 Å². The lowest BCUT2D eigenvalue weighted by Gasteiger charge is -2.16. The number of nitrogens with one attached hydrogen (secondary N) is 3. The second kappa shape index (κ2) is 17.3. The van der Waals surface area contributed by atoms with Crippen LogP contribution in [0.25, 0.3) is 39.2 Å². The second-order valence-electron chi connectivity index (χ2n) is 12.7. The summed E-state index contributed by atoms with van der Waals surface area (Å²) in [5.41, 5.74) is 5.75. The first kappa shape index (κ1) is 37.9. The molecule has 2 atom stereocenters. The molecular formula is C39H40Cl2N6O6. The Kier molecular flexibility index (Phi) is 12.4. The van der Waals surface area contributed by atoms with Crippen LogP contribution in [0.15, 0.2) is 77.9 Å². The average molecular weight is 760 g/mol. The number of aliphatic hydroxyl groups is 1. The lowest BCUT2D eigenvalue weighted by atomic mass is 9.97. The van der Waals surface area contributed by atoms with Gasteiger partial charge in [0.25, 0.3) is 5.56 Å². The van der Waals surface area contributed by atoms with Gasteiger partial charge in [-0.15, -0.1) is 0 Å². The van der Waals surface area contributed by atoms with Gasteiger partial charge in [-0.2, -0.15) is 0 Å². The maximum absolute atomic E-state index is 13.2. The molecule has 0 spiro atoms. The molecule has 6 rings (SSSR count). The molecule has 5 aromatic rings. The van der Waals surface area contributed by atoms with E-state index in [2.05, 4.69) is 20.9 Å². The molecule has 0 unspecified atom stereocenters. The molecular weight excluding hydrogens is 719 g/mol. The monoisotopic (exact) mass is 758 g/mol. The number of halogens is 2. The maximum Gasteiger partial charge on any atom is 0.308 e. The van der Waals surface area contributed by atoms with Gasteiger partial charge in [0.05, 0.1) is 42.0 Å². The fourth-order valence-electron chi connectivity index (χ4n) is 6.30. The summed E-state index contributed by atoms with van der Waals surface area (Å²) in [7, 11) is 1.58. The molecule has 1 aliphatic heterocycles. The molecule has 4 N–H and O–H groups in total. The van der Waals surface area contributed by atoms with E-state index in [0.717, 1.165) is 34.2 Å². The standard InChI is InChI=1S/C39H40Cl2N6O6/c1-3-53-35(50)17-27(48)22-43-19-25-20-44-33-16-23(14-15-47(33)39(25)51)28-6-4-7-29(36(28)40)30-8-5-9-31(37(30)41)32-12-10-24(38(46-32)52-2)18-42-21-26-11-13-34(49)45-26/h4-10,12,14-16,20,26-27,42-43,48H,3,11,13,17-19,21-22H2,1-2H3,(H,45,49)/t26-,27-/m1/s1. The van der Waals surface area contributed by atoms with Crippen molar-refractivity contribution in [2.24, 2.45) is 0 Å². The quantitative estimate of drug-likeness (QED) is 0.105. The number of carbonyl (C=O) groups is 2. The second-order valence-corrected chi connectivity index (χ2v) is 13.4. The van der Waals surface area contributed by atoms with E-state index in [1.807, 2.05) is 48.5 Å². The fourth-order valence-corrected chi connectivity index (χ4v) is 6.96. The highest BCUT2D eigenvalue weighted by molar-refractivity contribution is 6.39. The summed E-state index contributed by atoms with van der Waals surface area (Å²) in [5, 5.41) is 20.4. The Balaban J connectivity index is 1.19. The van der Waals surface area contributed by atoms with Crippen LogP contribution in [0.1, 0.15) is 37.3 Å². The van der Waals surface area contributed by atoms with Gasteiger partial charge in [0.2, 0.25) is 11.8 Å². The molecule has 276 valence electrons. The molecule has 1 amide bonds. The van der Waals surface area contributed by atoms with Crippen molar-refractivity contribution in [2.75, 3.05) is 26.8 Å². The molecule has 53 heavy (non-hydrogen) atoms. The number of aliphatic hydroxyl groups excluding tert-OH is 1. The van der Waals surface area contributed by atoms with E-state index in [4.69, 9.17) is 37.7 Å². The Morgan fingerprint density at radius 2 is 1.72 bits per heavy atom. The van der Waals surface area contributed by atoms with Crippen LogP contribution < -0.4 is 26.2 Å². The molecule has 12 nitrogen and oxygen atoms in total. The number of aromatic nitrogens is 3. The molecule has 14 heteroatoms. The van der Waals surface area contributed by atoms with E-state index >= 15 is 0 Å². The van der Waals surface area contributed by atoms with Crippen molar-refractivity contribution in [2.45, 2.75) is 51.4 Å². The molecule has 1 fully saturated rings. The minimum Gasteiger partial charge on any atom is -0.481 e. The summed E-state index contributed by atoms with van der Waals surface area (Å²) in [6.07, 6.45) is 3.45. The zero-order valence-corrected chi connectivity index (χ0v) is 30.8. The Morgan fingerprint density at radius 3 is 2.43 bits per heavy atom. The summed E-state index contributed by atoms with van der Waals surface area (Å²) < 4.78 is 11.9. The SMILES string of the molecule is CCOC(=O)C[C@@H](O)CNCc1cnc2cc(-c3cccc(-c4cccc(-c5ccc(CNC[C@H]6CCC(=O)N6)c(OC)n5)c4Cl)c3Cl)ccn2c1=O. The first-order valence-electron chi connectivity index (χ1n) is 17.3. The van der Waals surface area contributed by atoms with Crippen LogP contribution in [0, 0.1) is 0 Å². The molecule has 2 aromatic carbocycles. The van der Waals surface area contributed by atoms with Gasteiger partial charge < -0.3 is 30.5 Å². The number of pyridine rings is 2. The van der Waals surface area contributed by atoms with Crippen molar-refractivity contribution in [1.82, 2.24) is 30.3 Å². The van der Waals surface area contributed by atoms with E-state index in [1.165, 1.54) is 10.6 Å². The van der Waals surface area contributed by atoms with Crippen LogP contribution >= 0.6 is 23.2 Å². The lowest BCUT2D eigenvalue weighted by molar-refractivity contribution is -0.145. The van der Waals surface area contributed by atoms with Crippen molar-refractivity contribution in [3.8, 4) is 39.4 Å². The van der Waals surface area contributed by atoms with E-state index < -0.39 is 12.1 Å². The average Bonchev–Trinajstić information content (AvgIpc) is 3.57. The Morgan fingerprint density at radius 1 is 1.00 bits per heavy atom. The largest absolute Gasteiger partial charge is 0.481 e. The number of fused-ring (bicyclic) bond motifs is 1. The van der Waals surface area contributed by atoms with Gasteiger partial charge in [0, 0.05) is 84.4 Å². The van der Waals surface area contributed by atoms with E-state index in [1.54, 1.807) is 32.4 Å². The van der Waals surface area contributed by atoms with Crippen molar-refractivity contribution in [3.05, 3.63) is 105 Å². The summed E-state index contributed by atoms with van der Waals surface area (Å²) in [6.45, 7) is 3.41. The normalized spacial score (nSPS) is 14.7. The third kappa shape index (κ3) is 8.86. The predicted octanol–water partition coefficient (Wildman–Crippen LogP) is 5.18. The lowest BCUT2D eigenvalue weighted by Crippen LogP contribution is -2.35. The first-order valence-corrected chi connectivity index (χ1v) is 18.1. The number of nitrogens with zero attached hydrogens (tertiary/aromatic N) is 3. The van der Waals surface area contributed by atoms with Gasteiger partial charge >= 0.3 is 5.97 Å². The van der Waals surface area contributed by atoms with Gasteiger partial charge in [-0.3, -0.25) is 18.8 Å². The third-order valence-corrected chi connectivity index (χ3v) is 9.80. The number of rotatable bonds is 15. The molecule has 3 aromatic heterocycles. The maximum atomic E-state index is 13.2. The number of amides is 1. The number of ether oxygens (including phenoxy) is 2. The molecule has 0 radical (unpaired) electrons. The van der Waals surface area contributed by atoms with Gasteiger partial charge in [-0.05, 0) is 37.1 Å². The third-order valence-electron chi connectivity index (χ3n) is 8.98. The zero-order chi connectivity index (χ0) is 37.5. The summed E-state index contributed by atoms with van der Waals surface area (Å²) in [4.78, 5) is 45.6. The molecule has 1 saturated heterocycles. The fraction of sp³-hybridized carbons (Fsp3) is 0.308. The first-order chi connectivity index (χ1) is 25.7. The number of hydrogen-bond acceptors (Lipinski definition) is 10. The van der Waals surface area contributed by atoms with E-state index in [-0.39, 0.29) is 43.6 Å². The molecule has 0 bridgehead atoms. The zero-order valence-electron chi connectivity index (χ0n) is 29.3. The van der Waals surface area contributed by atoms with Crippen LogP contribution in [-0.4, -0.2) is 70.3 Å². The van der Waals surface area contributed by atoms with E-state index in [0.29, 0.717) is 57.9 Å². The molecule has 1 aliphatic rings.